The van der Waals surface area contributed by atoms with Gasteiger partial charge in [0, 0.05) is 0 Å². The van der Waals surface area contributed by atoms with E-state index < -0.39 is 74.2 Å². The number of aliphatic hydroxyl groups excluding tert-OH is 7. The third-order valence-electron chi connectivity index (χ3n) is 12.5. The third kappa shape index (κ3) is 29.9. The molecule has 9 unspecified atom stereocenters. The SMILES string of the molecule is CCCCC/C=C\C=C/CCCCCCCC(O)C(=O)NC(COC1OC(CO)C(O)C(O)C1O)C(O)C(O)CCCCCCCCCCCCCCCCCCCCCCC. The van der Waals surface area contributed by atoms with Crippen LogP contribution < -0.4 is 5.32 Å². The molecular weight excluding hydrogens is 787 g/mol. The molecule has 11 nitrogen and oxygen atoms in total. The number of amides is 1. The zero-order chi connectivity index (χ0) is 45.5. The average Bonchev–Trinajstić information content (AvgIpc) is 3.27. The standard InChI is InChI=1S/C51H97NO10/c1-3-5-7-9-11-13-15-17-19-20-21-22-23-24-25-27-28-30-32-34-36-38-43(54)46(56)42(41-61-51-49(59)48(58)47(57)45(40-53)62-51)52-50(60)44(55)39-37-35-33-31-29-26-18-16-14-12-10-8-6-4-2/h12,14,16,18,42-49,51,53-59H,3-11,13,15,17,19-41H2,1-2H3,(H,52,60)/b14-12-,18-16-. The second-order valence-electron chi connectivity index (χ2n) is 18.3. The molecule has 8 N–H and O–H groups in total. The van der Waals surface area contributed by atoms with Crippen LogP contribution in [-0.4, -0.2) is 110 Å². The van der Waals surface area contributed by atoms with Crippen LogP contribution in [0, 0.1) is 0 Å². The zero-order valence-corrected chi connectivity index (χ0v) is 39.6. The van der Waals surface area contributed by atoms with E-state index in [1.165, 1.54) is 128 Å². The van der Waals surface area contributed by atoms with E-state index in [1.54, 1.807) is 0 Å². The van der Waals surface area contributed by atoms with Gasteiger partial charge in [-0.15, -0.1) is 0 Å². The zero-order valence-electron chi connectivity index (χ0n) is 39.6. The first-order valence-electron chi connectivity index (χ1n) is 25.8. The Balaban J connectivity index is 2.38. The molecule has 0 spiro atoms. The first-order valence-corrected chi connectivity index (χ1v) is 25.8. The van der Waals surface area contributed by atoms with Gasteiger partial charge in [-0.05, 0) is 38.5 Å². The summed E-state index contributed by atoms with van der Waals surface area (Å²) in [5.74, 6) is -0.708. The quantitative estimate of drug-likeness (QED) is 0.0216. The predicted octanol–water partition coefficient (Wildman–Crippen LogP) is 9.40. The van der Waals surface area contributed by atoms with Gasteiger partial charge in [0.15, 0.2) is 6.29 Å². The molecule has 1 aliphatic heterocycles. The Morgan fingerprint density at radius 2 is 0.968 bits per heavy atom. The Bertz CT molecular complexity index is 1060. The number of carbonyl (C=O) groups excluding carboxylic acids is 1. The summed E-state index contributed by atoms with van der Waals surface area (Å²) >= 11 is 0. The minimum Gasteiger partial charge on any atom is -0.394 e. The summed E-state index contributed by atoms with van der Waals surface area (Å²) in [5, 5.41) is 75.9. The van der Waals surface area contributed by atoms with Crippen molar-refractivity contribution in [2.24, 2.45) is 0 Å². The highest BCUT2D eigenvalue weighted by Gasteiger charge is 2.44. The Morgan fingerprint density at radius 1 is 0.565 bits per heavy atom. The topological polar surface area (TPSA) is 189 Å². The number of ether oxygens (including phenoxy) is 2. The van der Waals surface area contributed by atoms with E-state index in [9.17, 15) is 40.5 Å². The fraction of sp³-hybridized carbons (Fsp3) is 0.902. The maximum absolute atomic E-state index is 13.1. The van der Waals surface area contributed by atoms with Crippen molar-refractivity contribution in [3.05, 3.63) is 24.3 Å². The van der Waals surface area contributed by atoms with Gasteiger partial charge in [0.05, 0.1) is 25.4 Å². The predicted molar refractivity (Wildman–Crippen MR) is 252 cm³/mol. The van der Waals surface area contributed by atoms with Gasteiger partial charge in [0.25, 0.3) is 0 Å². The van der Waals surface area contributed by atoms with E-state index in [1.807, 2.05) is 0 Å². The van der Waals surface area contributed by atoms with E-state index in [0.29, 0.717) is 19.3 Å². The molecule has 62 heavy (non-hydrogen) atoms. The lowest BCUT2D eigenvalue weighted by Crippen LogP contribution is -2.60. The van der Waals surface area contributed by atoms with Crippen LogP contribution in [0.1, 0.15) is 226 Å². The van der Waals surface area contributed by atoms with Crippen LogP contribution in [0.3, 0.4) is 0 Å². The normalized spacial score (nSPS) is 21.5. The minimum atomic E-state index is -1.66. The summed E-state index contributed by atoms with van der Waals surface area (Å²) in [6.07, 6.45) is 35.1. The third-order valence-corrected chi connectivity index (χ3v) is 12.5. The lowest BCUT2D eigenvalue weighted by atomic mass is 9.98. The molecule has 366 valence electrons. The molecule has 1 amide bonds. The van der Waals surface area contributed by atoms with Gasteiger partial charge in [-0.1, -0.05) is 212 Å². The maximum atomic E-state index is 13.1. The average molecular weight is 884 g/mol. The number of aliphatic hydroxyl groups is 7. The van der Waals surface area contributed by atoms with Crippen molar-refractivity contribution >= 4 is 5.91 Å². The number of nitrogens with one attached hydrogen (secondary N) is 1. The fourth-order valence-electron chi connectivity index (χ4n) is 8.26. The maximum Gasteiger partial charge on any atom is 0.249 e. The van der Waals surface area contributed by atoms with Crippen LogP contribution in [0.25, 0.3) is 0 Å². The second kappa shape index (κ2) is 41.1. The summed E-state index contributed by atoms with van der Waals surface area (Å²) in [4.78, 5) is 13.1. The number of carbonyl (C=O) groups is 1. The highest BCUT2D eigenvalue weighted by molar-refractivity contribution is 5.80. The van der Waals surface area contributed by atoms with Crippen molar-refractivity contribution in [2.75, 3.05) is 13.2 Å². The Kier molecular flexibility index (Phi) is 38.8. The van der Waals surface area contributed by atoms with E-state index in [0.717, 1.165) is 57.8 Å². The highest BCUT2D eigenvalue weighted by Crippen LogP contribution is 2.23. The molecule has 0 aromatic rings. The number of allylic oxidation sites excluding steroid dienone is 4. The minimum absolute atomic E-state index is 0.243. The molecule has 0 radical (unpaired) electrons. The fourth-order valence-corrected chi connectivity index (χ4v) is 8.26. The van der Waals surface area contributed by atoms with Gasteiger partial charge in [0.1, 0.15) is 36.6 Å². The van der Waals surface area contributed by atoms with Gasteiger partial charge < -0.3 is 50.5 Å². The Morgan fingerprint density at radius 3 is 1.44 bits per heavy atom. The summed E-state index contributed by atoms with van der Waals surface area (Å²) in [5.41, 5.74) is 0. The summed E-state index contributed by atoms with van der Waals surface area (Å²) in [6.45, 7) is 3.42. The van der Waals surface area contributed by atoms with Crippen molar-refractivity contribution in [3.8, 4) is 0 Å². The second-order valence-corrected chi connectivity index (χ2v) is 18.3. The number of hydrogen-bond donors (Lipinski definition) is 8. The van der Waals surface area contributed by atoms with E-state index in [4.69, 9.17) is 9.47 Å². The van der Waals surface area contributed by atoms with Crippen molar-refractivity contribution in [1.29, 1.82) is 0 Å². The van der Waals surface area contributed by atoms with E-state index >= 15 is 0 Å². The molecule has 0 saturated carbocycles. The van der Waals surface area contributed by atoms with Crippen LogP contribution >= 0.6 is 0 Å². The van der Waals surface area contributed by atoms with Crippen molar-refractivity contribution in [3.63, 3.8) is 0 Å². The molecule has 0 aromatic carbocycles. The Labute approximate surface area is 378 Å². The first-order chi connectivity index (χ1) is 30.2. The van der Waals surface area contributed by atoms with E-state index in [-0.39, 0.29) is 6.42 Å². The van der Waals surface area contributed by atoms with Gasteiger partial charge >= 0.3 is 0 Å². The molecule has 1 rings (SSSR count). The molecule has 0 bridgehead atoms. The van der Waals surface area contributed by atoms with Crippen LogP contribution in [-0.2, 0) is 14.3 Å². The highest BCUT2D eigenvalue weighted by atomic mass is 16.7. The Hall–Kier alpha value is -1.41. The first kappa shape index (κ1) is 58.6. The lowest BCUT2D eigenvalue weighted by molar-refractivity contribution is -0.303. The van der Waals surface area contributed by atoms with Crippen molar-refractivity contribution in [1.82, 2.24) is 5.32 Å². The van der Waals surface area contributed by atoms with Crippen molar-refractivity contribution < 1.29 is 50.0 Å². The summed E-state index contributed by atoms with van der Waals surface area (Å²) in [7, 11) is 0. The lowest BCUT2D eigenvalue weighted by Gasteiger charge is -2.40. The van der Waals surface area contributed by atoms with Gasteiger partial charge in [0.2, 0.25) is 5.91 Å². The molecule has 1 saturated heterocycles. The molecule has 1 aliphatic rings. The van der Waals surface area contributed by atoms with Crippen molar-refractivity contribution in [2.45, 2.75) is 281 Å². The van der Waals surface area contributed by atoms with Crippen LogP contribution in [0.2, 0.25) is 0 Å². The summed E-state index contributed by atoms with van der Waals surface area (Å²) in [6, 6.07) is -1.17. The number of rotatable bonds is 43. The molecule has 0 aliphatic carbocycles. The molecule has 1 fully saturated rings. The molecule has 9 atom stereocenters. The van der Waals surface area contributed by atoms with Crippen LogP contribution in [0.4, 0.5) is 0 Å². The van der Waals surface area contributed by atoms with Gasteiger partial charge in [-0.2, -0.15) is 0 Å². The van der Waals surface area contributed by atoms with Gasteiger partial charge in [-0.25, -0.2) is 0 Å². The molecular formula is C51H97NO10. The molecule has 11 heteroatoms. The molecule has 0 aromatic heterocycles. The smallest absolute Gasteiger partial charge is 0.249 e. The van der Waals surface area contributed by atoms with Crippen LogP contribution in [0.15, 0.2) is 24.3 Å². The largest absolute Gasteiger partial charge is 0.394 e. The summed E-state index contributed by atoms with van der Waals surface area (Å²) < 4.78 is 11.1. The number of hydrogen-bond acceptors (Lipinski definition) is 10. The van der Waals surface area contributed by atoms with Crippen LogP contribution in [0.5, 0.6) is 0 Å². The number of unbranched alkanes of at least 4 members (excludes halogenated alkanes) is 28. The van der Waals surface area contributed by atoms with E-state index in [2.05, 4.69) is 43.5 Å². The van der Waals surface area contributed by atoms with Gasteiger partial charge in [-0.3, -0.25) is 4.79 Å². The molecule has 1 heterocycles. The monoisotopic (exact) mass is 884 g/mol.